The van der Waals surface area contributed by atoms with Gasteiger partial charge in [-0.25, -0.2) is 4.39 Å². The number of nitrogens with zero attached hydrogens (tertiary/aromatic N) is 1. The normalized spacial score (nSPS) is 10.6. The Balaban J connectivity index is 2.59. The molecule has 0 radical (unpaired) electrons. The Hall–Kier alpha value is -0.940. The molecule has 0 fully saturated rings. The van der Waals surface area contributed by atoms with Crippen LogP contribution >= 0.6 is 15.9 Å². The highest BCUT2D eigenvalue weighted by Crippen LogP contribution is 2.21. The van der Waals surface area contributed by atoms with Crippen molar-refractivity contribution >= 4 is 21.9 Å². The Bertz CT molecular complexity index is 398. The summed E-state index contributed by atoms with van der Waals surface area (Å²) in [5, 5.41) is 0. The molecule has 0 aliphatic rings. The van der Waals surface area contributed by atoms with E-state index in [4.69, 9.17) is 4.74 Å². The van der Waals surface area contributed by atoms with Crippen LogP contribution in [0.1, 0.15) is 12.5 Å². The van der Waals surface area contributed by atoms with Gasteiger partial charge in [0.1, 0.15) is 5.82 Å². The molecule has 0 aromatic heterocycles. The van der Waals surface area contributed by atoms with E-state index < -0.39 is 0 Å². The third-order valence-corrected chi connectivity index (χ3v) is 3.06. The predicted molar refractivity (Wildman–Crippen MR) is 67.1 cm³/mol. The van der Waals surface area contributed by atoms with Gasteiger partial charge in [-0.3, -0.25) is 9.69 Å². The Labute approximate surface area is 109 Å². The second-order valence-electron chi connectivity index (χ2n) is 3.69. The minimum Gasteiger partial charge on any atom is -0.465 e. The molecule has 0 spiro atoms. The zero-order chi connectivity index (χ0) is 12.8. The summed E-state index contributed by atoms with van der Waals surface area (Å²) in [7, 11) is 1.79. The minimum atomic E-state index is -0.299. The number of benzene rings is 1. The molecule has 1 rings (SSSR count). The summed E-state index contributed by atoms with van der Waals surface area (Å²) in [6.45, 7) is 2.81. The fourth-order valence-corrected chi connectivity index (χ4v) is 1.83. The molecule has 17 heavy (non-hydrogen) atoms. The summed E-state index contributed by atoms with van der Waals surface area (Å²) in [6.07, 6.45) is 0. The van der Waals surface area contributed by atoms with Crippen LogP contribution in [0.5, 0.6) is 0 Å². The molecule has 1 aromatic carbocycles. The zero-order valence-corrected chi connectivity index (χ0v) is 11.5. The maximum Gasteiger partial charge on any atom is 0.320 e. The third kappa shape index (κ3) is 4.44. The molecule has 0 amide bonds. The van der Waals surface area contributed by atoms with Gasteiger partial charge in [-0.2, -0.15) is 0 Å². The first-order valence-electron chi connectivity index (χ1n) is 5.31. The van der Waals surface area contributed by atoms with Crippen LogP contribution in [0.3, 0.4) is 0 Å². The van der Waals surface area contributed by atoms with Crippen LogP contribution in [0.2, 0.25) is 0 Å². The van der Waals surface area contributed by atoms with Gasteiger partial charge in [0.15, 0.2) is 0 Å². The molecule has 0 bridgehead atoms. The van der Waals surface area contributed by atoms with Gasteiger partial charge in [0.25, 0.3) is 0 Å². The summed E-state index contributed by atoms with van der Waals surface area (Å²) in [4.78, 5) is 13.0. The van der Waals surface area contributed by atoms with E-state index in [0.29, 0.717) is 17.6 Å². The van der Waals surface area contributed by atoms with Gasteiger partial charge in [0.2, 0.25) is 0 Å². The molecule has 0 saturated heterocycles. The molecular weight excluding hydrogens is 289 g/mol. The van der Waals surface area contributed by atoms with E-state index in [0.717, 1.165) is 5.56 Å². The van der Waals surface area contributed by atoms with Crippen molar-refractivity contribution in [2.24, 2.45) is 0 Å². The van der Waals surface area contributed by atoms with Gasteiger partial charge in [0.05, 0.1) is 17.6 Å². The van der Waals surface area contributed by atoms with Crippen molar-refractivity contribution in [2.75, 3.05) is 20.2 Å². The standard InChI is InChI=1S/C12H15BrFNO2/c1-3-17-11(16)8-15(2)7-9-5-4-6-10(14)12(9)13/h4-6H,3,7-8H2,1-2H3. The van der Waals surface area contributed by atoms with Gasteiger partial charge in [0, 0.05) is 6.54 Å². The summed E-state index contributed by atoms with van der Waals surface area (Å²) in [5.74, 6) is -0.574. The van der Waals surface area contributed by atoms with E-state index in [-0.39, 0.29) is 18.3 Å². The highest BCUT2D eigenvalue weighted by Gasteiger charge is 2.11. The van der Waals surface area contributed by atoms with Gasteiger partial charge >= 0.3 is 5.97 Å². The fraction of sp³-hybridized carbons (Fsp3) is 0.417. The Morgan fingerprint density at radius 2 is 2.24 bits per heavy atom. The van der Waals surface area contributed by atoms with Crippen molar-refractivity contribution in [2.45, 2.75) is 13.5 Å². The van der Waals surface area contributed by atoms with E-state index in [1.807, 2.05) is 6.07 Å². The number of carbonyl (C=O) groups is 1. The van der Waals surface area contributed by atoms with Crippen molar-refractivity contribution in [1.29, 1.82) is 0 Å². The van der Waals surface area contributed by atoms with Crippen molar-refractivity contribution in [3.8, 4) is 0 Å². The van der Waals surface area contributed by atoms with Crippen LogP contribution in [0.15, 0.2) is 22.7 Å². The lowest BCUT2D eigenvalue weighted by molar-refractivity contribution is -0.144. The highest BCUT2D eigenvalue weighted by molar-refractivity contribution is 9.10. The number of hydrogen-bond acceptors (Lipinski definition) is 3. The highest BCUT2D eigenvalue weighted by atomic mass is 79.9. The van der Waals surface area contributed by atoms with Gasteiger partial charge in [-0.15, -0.1) is 0 Å². The van der Waals surface area contributed by atoms with Gasteiger partial charge in [-0.1, -0.05) is 12.1 Å². The number of halogens is 2. The summed E-state index contributed by atoms with van der Waals surface area (Å²) in [6, 6.07) is 4.85. The first-order valence-corrected chi connectivity index (χ1v) is 6.11. The third-order valence-electron chi connectivity index (χ3n) is 2.18. The smallest absolute Gasteiger partial charge is 0.320 e. The molecule has 0 aliphatic heterocycles. The summed E-state index contributed by atoms with van der Waals surface area (Å²) >= 11 is 3.19. The average Bonchev–Trinajstić information content (AvgIpc) is 2.25. The number of esters is 1. The van der Waals surface area contributed by atoms with E-state index in [1.54, 1.807) is 24.9 Å². The van der Waals surface area contributed by atoms with E-state index >= 15 is 0 Å². The molecule has 3 nitrogen and oxygen atoms in total. The molecular formula is C12H15BrFNO2. The van der Waals surface area contributed by atoms with Crippen molar-refractivity contribution in [1.82, 2.24) is 4.90 Å². The molecule has 94 valence electrons. The molecule has 1 aromatic rings. The van der Waals surface area contributed by atoms with Crippen LogP contribution in [0, 0.1) is 5.82 Å². The number of hydrogen-bond donors (Lipinski definition) is 0. The Morgan fingerprint density at radius 3 is 2.88 bits per heavy atom. The van der Waals surface area contributed by atoms with Gasteiger partial charge < -0.3 is 4.74 Å². The van der Waals surface area contributed by atoms with Crippen molar-refractivity contribution in [3.05, 3.63) is 34.1 Å². The largest absolute Gasteiger partial charge is 0.465 e. The second-order valence-corrected chi connectivity index (χ2v) is 4.48. The number of ether oxygens (including phenoxy) is 1. The Kier molecular flexibility index (Phi) is 5.58. The fourth-order valence-electron chi connectivity index (χ4n) is 1.44. The van der Waals surface area contributed by atoms with Crippen LogP contribution in [0.25, 0.3) is 0 Å². The quantitative estimate of drug-likeness (QED) is 0.783. The predicted octanol–water partition coefficient (Wildman–Crippen LogP) is 2.58. The lowest BCUT2D eigenvalue weighted by Crippen LogP contribution is -2.27. The van der Waals surface area contributed by atoms with Crippen LogP contribution in [0.4, 0.5) is 4.39 Å². The molecule has 0 heterocycles. The van der Waals surface area contributed by atoms with Crippen molar-refractivity contribution < 1.29 is 13.9 Å². The molecule has 0 unspecified atom stereocenters. The lowest BCUT2D eigenvalue weighted by Gasteiger charge is -2.16. The van der Waals surface area contributed by atoms with Gasteiger partial charge in [-0.05, 0) is 41.5 Å². The average molecular weight is 304 g/mol. The molecule has 0 saturated carbocycles. The van der Waals surface area contributed by atoms with Crippen molar-refractivity contribution in [3.63, 3.8) is 0 Å². The summed E-state index contributed by atoms with van der Waals surface area (Å²) in [5.41, 5.74) is 0.803. The first-order chi connectivity index (χ1) is 8.04. The molecule has 0 aliphatic carbocycles. The zero-order valence-electron chi connectivity index (χ0n) is 9.87. The number of carbonyl (C=O) groups excluding carboxylic acids is 1. The van der Waals surface area contributed by atoms with E-state index in [1.165, 1.54) is 6.07 Å². The molecule has 0 N–H and O–H groups in total. The molecule has 0 atom stereocenters. The Morgan fingerprint density at radius 1 is 1.53 bits per heavy atom. The number of rotatable bonds is 5. The lowest BCUT2D eigenvalue weighted by atomic mass is 10.2. The van der Waals surface area contributed by atoms with Crippen LogP contribution in [-0.2, 0) is 16.1 Å². The van der Waals surface area contributed by atoms with E-state index in [9.17, 15) is 9.18 Å². The first kappa shape index (κ1) is 14.1. The maximum atomic E-state index is 13.3. The minimum absolute atomic E-state index is 0.191. The van der Waals surface area contributed by atoms with Crippen LogP contribution < -0.4 is 0 Å². The maximum absolute atomic E-state index is 13.3. The number of likely N-dealkylation sites (N-methyl/N-ethyl adjacent to an activating group) is 1. The SMILES string of the molecule is CCOC(=O)CN(C)Cc1cccc(F)c1Br. The van der Waals surface area contributed by atoms with E-state index in [2.05, 4.69) is 15.9 Å². The molecule has 5 heteroatoms. The van der Waals surface area contributed by atoms with Crippen LogP contribution in [-0.4, -0.2) is 31.1 Å². The topological polar surface area (TPSA) is 29.5 Å². The monoisotopic (exact) mass is 303 g/mol. The second kappa shape index (κ2) is 6.71. The summed E-state index contributed by atoms with van der Waals surface area (Å²) < 4.78 is 18.5.